The molecule has 0 atom stereocenters. The van der Waals surface area contributed by atoms with E-state index in [9.17, 15) is 4.79 Å². The zero-order valence-corrected chi connectivity index (χ0v) is 12.9. The van der Waals surface area contributed by atoms with Gasteiger partial charge in [-0.3, -0.25) is 4.79 Å². The highest BCUT2D eigenvalue weighted by molar-refractivity contribution is 7.16. The van der Waals surface area contributed by atoms with Crippen molar-refractivity contribution in [2.75, 3.05) is 52.3 Å². The second-order valence-corrected chi connectivity index (χ2v) is 6.46. The van der Waals surface area contributed by atoms with Crippen molar-refractivity contribution in [3.63, 3.8) is 0 Å². The summed E-state index contributed by atoms with van der Waals surface area (Å²) in [6, 6.07) is 0. The Kier molecular flexibility index (Phi) is 3.96. The van der Waals surface area contributed by atoms with Crippen LogP contribution in [0.5, 0.6) is 0 Å². The third-order valence-electron chi connectivity index (χ3n) is 3.99. The van der Waals surface area contributed by atoms with Crippen molar-refractivity contribution in [3.8, 4) is 0 Å². The first kappa shape index (κ1) is 13.9. The molecule has 0 saturated carbocycles. The highest BCUT2D eigenvalue weighted by atomic mass is 32.1. The number of amides is 1. The van der Waals surface area contributed by atoms with Gasteiger partial charge in [-0.05, 0) is 19.0 Å². The van der Waals surface area contributed by atoms with Crippen LogP contribution in [0.3, 0.4) is 0 Å². The van der Waals surface area contributed by atoms with E-state index in [1.54, 1.807) is 11.3 Å². The van der Waals surface area contributed by atoms with Gasteiger partial charge in [0.05, 0.1) is 18.8 Å². The van der Waals surface area contributed by atoms with E-state index in [0.717, 1.165) is 30.1 Å². The van der Waals surface area contributed by atoms with E-state index < -0.39 is 0 Å². The van der Waals surface area contributed by atoms with Crippen LogP contribution in [0.25, 0.3) is 0 Å². The third-order valence-corrected chi connectivity index (χ3v) is 5.22. The lowest BCUT2D eigenvalue weighted by molar-refractivity contribution is 0.0303. The lowest BCUT2D eigenvalue weighted by atomic mass is 10.0. The van der Waals surface area contributed by atoms with Gasteiger partial charge < -0.3 is 19.9 Å². The van der Waals surface area contributed by atoms with Crippen molar-refractivity contribution in [1.82, 2.24) is 9.80 Å². The summed E-state index contributed by atoms with van der Waals surface area (Å²) in [5.74, 6) is 0.166. The monoisotopic (exact) mass is 295 g/mol. The van der Waals surface area contributed by atoms with Gasteiger partial charge in [-0.1, -0.05) is 0 Å². The molecule has 1 aromatic rings. The summed E-state index contributed by atoms with van der Waals surface area (Å²) >= 11 is 1.73. The molecule has 1 aromatic heterocycles. The van der Waals surface area contributed by atoms with Crippen LogP contribution in [0.1, 0.15) is 20.8 Å². The average molecular weight is 295 g/mol. The molecule has 2 aliphatic rings. The normalized spacial score (nSPS) is 19.8. The smallest absolute Gasteiger partial charge is 0.257 e. The maximum Gasteiger partial charge on any atom is 0.257 e. The summed E-state index contributed by atoms with van der Waals surface area (Å²) in [7, 11) is 4.03. The summed E-state index contributed by atoms with van der Waals surface area (Å²) < 4.78 is 5.34. The van der Waals surface area contributed by atoms with E-state index in [1.165, 1.54) is 10.4 Å². The van der Waals surface area contributed by atoms with Gasteiger partial charge in [-0.15, -0.1) is 11.3 Å². The fraction of sp³-hybridized carbons (Fsp3) is 0.643. The quantitative estimate of drug-likeness (QED) is 0.892. The highest BCUT2D eigenvalue weighted by Gasteiger charge is 2.29. The van der Waals surface area contributed by atoms with Crippen LogP contribution >= 0.6 is 11.3 Å². The zero-order chi connectivity index (χ0) is 14.1. The maximum absolute atomic E-state index is 12.8. The predicted molar refractivity (Wildman–Crippen MR) is 80.6 cm³/mol. The Hall–Kier alpha value is -1.11. The average Bonchev–Trinajstić information content (AvgIpc) is 2.84. The highest BCUT2D eigenvalue weighted by Crippen LogP contribution is 2.37. The number of carbonyl (C=O) groups is 1. The second kappa shape index (κ2) is 5.71. The first-order valence-electron chi connectivity index (χ1n) is 7.08. The van der Waals surface area contributed by atoms with Gasteiger partial charge in [0.15, 0.2) is 0 Å². The van der Waals surface area contributed by atoms with Gasteiger partial charge in [-0.25, -0.2) is 0 Å². The van der Waals surface area contributed by atoms with E-state index in [4.69, 9.17) is 4.74 Å². The third kappa shape index (κ3) is 2.43. The molecule has 0 aromatic carbocycles. The van der Waals surface area contributed by atoms with Gasteiger partial charge in [0.2, 0.25) is 0 Å². The van der Waals surface area contributed by atoms with Crippen molar-refractivity contribution < 1.29 is 9.53 Å². The number of ether oxygens (including phenoxy) is 1. The summed E-state index contributed by atoms with van der Waals surface area (Å²) in [6.45, 7) is 4.67. The van der Waals surface area contributed by atoms with Gasteiger partial charge in [-0.2, -0.15) is 0 Å². The van der Waals surface area contributed by atoms with Crippen LogP contribution in [0, 0.1) is 0 Å². The first-order chi connectivity index (χ1) is 9.70. The van der Waals surface area contributed by atoms with Crippen LogP contribution in [0.4, 0.5) is 5.00 Å². The molecule has 1 amide bonds. The first-order valence-corrected chi connectivity index (χ1v) is 7.90. The van der Waals surface area contributed by atoms with E-state index in [-0.39, 0.29) is 5.91 Å². The molecule has 6 heteroatoms. The molecule has 0 radical (unpaired) electrons. The minimum Gasteiger partial charge on any atom is -0.379 e. The van der Waals surface area contributed by atoms with Crippen molar-refractivity contribution >= 4 is 22.2 Å². The van der Waals surface area contributed by atoms with Crippen molar-refractivity contribution in [2.24, 2.45) is 0 Å². The number of likely N-dealkylation sites (N-methyl/N-ethyl adjacent to an activating group) is 1. The van der Waals surface area contributed by atoms with E-state index in [0.29, 0.717) is 26.3 Å². The molecule has 0 aliphatic carbocycles. The number of thiophene rings is 1. The Labute approximate surface area is 123 Å². The Balaban J connectivity index is 1.93. The van der Waals surface area contributed by atoms with Crippen LogP contribution in [0.15, 0.2) is 0 Å². The molecule has 1 N–H and O–H groups in total. The van der Waals surface area contributed by atoms with Gasteiger partial charge in [0.1, 0.15) is 5.00 Å². The number of hydrogen-bond acceptors (Lipinski definition) is 5. The summed E-state index contributed by atoms with van der Waals surface area (Å²) in [5.41, 5.74) is 2.16. The van der Waals surface area contributed by atoms with Gasteiger partial charge in [0.25, 0.3) is 5.91 Å². The van der Waals surface area contributed by atoms with Crippen LogP contribution in [-0.2, 0) is 17.7 Å². The number of anilines is 1. The topological polar surface area (TPSA) is 44.8 Å². The van der Waals surface area contributed by atoms with Crippen LogP contribution < -0.4 is 5.32 Å². The Bertz CT molecular complexity index is 509. The van der Waals surface area contributed by atoms with Gasteiger partial charge in [0, 0.05) is 38.1 Å². The molecule has 3 heterocycles. The van der Waals surface area contributed by atoms with Crippen molar-refractivity contribution in [1.29, 1.82) is 0 Å². The summed E-state index contributed by atoms with van der Waals surface area (Å²) in [5, 5.41) is 4.22. The second-order valence-electron chi connectivity index (χ2n) is 5.35. The number of fused-ring (bicyclic) bond motifs is 1. The Morgan fingerprint density at radius 3 is 2.75 bits per heavy atom. The summed E-state index contributed by atoms with van der Waals surface area (Å²) in [4.78, 5) is 18.4. The number of hydrogen-bond donors (Lipinski definition) is 1. The van der Waals surface area contributed by atoms with E-state index in [2.05, 4.69) is 17.3 Å². The van der Waals surface area contributed by atoms with Crippen molar-refractivity contribution in [3.05, 3.63) is 16.0 Å². The minimum absolute atomic E-state index is 0.166. The van der Waals surface area contributed by atoms with Crippen LogP contribution in [-0.4, -0.2) is 62.7 Å². The number of nitrogens with zero attached hydrogens (tertiary/aromatic N) is 2. The fourth-order valence-electron chi connectivity index (χ4n) is 2.86. The fourth-order valence-corrected chi connectivity index (χ4v) is 4.13. The number of carbonyl (C=O) groups excluding carboxylic acids is 1. The van der Waals surface area contributed by atoms with E-state index in [1.807, 2.05) is 11.9 Å². The molecule has 0 bridgehead atoms. The molecule has 110 valence electrons. The van der Waals surface area contributed by atoms with Gasteiger partial charge >= 0.3 is 0 Å². The molecule has 0 spiro atoms. The predicted octanol–water partition coefficient (Wildman–Crippen LogP) is 1.25. The molecular formula is C14H21N3O2S. The van der Waals surface area contributed by atoms with Crippen molar-refractivity contribution in [2.45, 2.75) is 13.0 Å². The molecule has 1 saturated heterocycles. The SMILES string of the molecule is CNc1sc2c(c1C(=O)N1CCOCC1)CCN(C)C2. The molecule has 0 unspecified atom stereocenters. The number of morpholine rings is 1. The number of rotatable bonds is 2. The largest absolute Gasteiger partial charge is 0.379 e. The molecular weight excluding hydrogens is 274 g/mol. The van der Waals surface area contributed by atoms with E-state index >= 15 is 0 Å². The number of nitrogens with one attached hydrogen (secondary N) is 1. The Morgan fingerprint density at radius 1 is 1.30 bits per heavy atom. The standard InChI is InChI=1S/C14H21N3O2S/c1-15-13-12(14(18)17-5-7-19-8-6-17)10-3-4-16(2)9-11(10)20-13/h15H,3-9H2,1-2H3. The lowest BCUT2D eigenvalue weighted by Crippen LogP contribution is -2.41. The molecule has 20 heavy (non-hydrogen) atoms. The molecule has 2 aliphatic heterocycles. The molecule has 1 fully saturated rings. The Morgan fingerprint density at radius 2 is 2.05 bits per heavy atom. The minimum atomic E-state index is 0.166. The van der Waals surface area contributed by atoms with Crippen LogP contribution in [0.2, 0.25) is 0 Å². The lowest BCUT2D eigenvalue weighted by Gasteiger charge is -2.28. The maximum atomic E-state index is 12.8. The molecule has 5 nitrogen and oxygen atoms in total. The zero-order valence-electron chi connectivity index (χ0n) is 12.1. The molecule has 3 rings (SSSR count). The summed E-state index contributed by atoms with van der Waals surface area (Å²) in [6.07, 6.45) is 0.968.